The molecule has 25 heavy (non-hydrogen) atoms. The first-order valence-corrected chi connectivity index (χ1v) is 8.49. The second-order valence-corrected chi connectivity index (χ2v) is 6.78. The number of ketones is 1. The second kappa shape index (κ2) is 8.43. The number of rotatable bonds is 7. The summed E-state index contributed by atoms with van der Waals surface area (Å²) in [5.41, 5.74) is 1.37. The van der Waals surface area contributed by atoms with E-state index >= 15 is 0 Å². The van der Waals surface area contributed by atoms with Crippen molar-refractivity contribution in [3.63, 3.8) is 0 Å². The Balaban J connectivity index is 1.88. The maximum Gasteiger partial charge on any atom is 0.338 e. The van der Waals surface area contributed by atoms with Gasteiger partial charge in [-0.2, -0.15) is 0 Å². The minimum absolute atomic E-state index is 0.129. The summed E-state index contributed by atoms with van der Waals surface area (Å²) in [7, 11) is 3.82. The van der Waals surface area contributed by atoms with Gasteiger partial charge in [0.1, 0.15) is 0 Å². The number of carbonyl (C=O) groups is 3. The van der Waals surface area contributed by atoms with Crippen LogP contribution in [0.25, 0.3) is 0 Å². The van der Waals surface area contributed by atoms with Crippen LogP contribution in [0.3, 0.4) is 0 Å². The van der Waals surface area contributed by atoms with E-state index in [4.69, 9.17) is 4.74 Å². The van der Waals surface area contributed by atoms with Crippen LogP contribution in [0.5, 0.6) is 0 Å². The van der Waals surface area contributed by atoms with Gasteiger partial charge in [0, 0.05) is 31.6 Å². The SMILES string of the molecule is CC(=O)NCc1ccc(C(=O)COC(=O)c2ccc(N(C)C)cc2)s1. The number of hydrogen-bond acceptors (Lipinski definition) is 6. The van der Waals surface area contributed by atoms with Gasteiger partial charge in [-0.05, 0) is 36.4 Å². The van der Waals surface area contributed by atoms with Crippen LogP contribution in [-0.4, -0.2) is 38.4 Å². The molecule has 0 aliphatic heterocycles. The van der Waals surface area contributed by atoms with Crippen molar-refractivity contribution in [2.45, 2.75) is 13.5 Å². The molecule has 0 atom stereocenters. The van der Waals surface area contributed by atoms with Crippen molar-refractivity contribution >= 4 is 34.7 Å². The summed E-state index contributed by atoms with van der Waals surface area (Å²) in [6.07, 6.45) is 0. The molecule has 1 aromatic carbocycles. The highest BCUT2D eigenvalue weighted by Gasteiger charge is 2.14. The number of nitrogens with one attached hydrogen (secondary N) is 1. The number of Topliss-reactive ketones (excluding diaryl/α,β-unsaturated/α-hetero) is 1. The highest BCUT2D eigenvalue weighted by atomic mass is 32.1. The summed E-state index contributed by atoms with van der Waals surface area (Å²) in [6.45, 7) is 1.50. The molecule has 1 amide bonds. The number of thiophene rings is 1. The van der Waals surface area contributed by atoms with Gasteiger partial charge in [-0.1, -0.05) is 0 Å². The molecule has 0 aliphatic carbocycles. The smallest absolute Gasteiger partial charge is 0.338 e. The van der Waals surface area contributed by atoms with Gasteiger partial charge < -0.3 is 15.0 Å². The van der Waals surface area contributed by atoms with Gasteiger partial charge in [0.25, 0.3) is 0 Å². The van der Waals surface area contributed by atoms with Crippen molar-refractivity contribution in [3.8, 4) is 0 Å². The Bertz CT molecular complexity index is 766. The van der Waals surface area contributed by atoms with Crippen molar-refractivity contribution in [3.05, 3.63) is 51.7 Å². The molecule has 1 N–H and O–H groups in total. The van der Waals surface area contributed by atoms with Crippen molar-refractivity contribution in [1.82, 2.24) is 5.32 Å². The molecule has 2 aromatic rings. The molecule has 0 spiro atoms. The topological polar surface area (TPSA) is 75.7 Å². The maximum absolute atomic E-state index is 12.1. The molecule has 2 rings (SSSR count). The van der Waals surface area contributed by atoms with Crippen LogP contribution in [0.2, 0.25) is 0 Å². The van der Waals surface area contributed by atoms with Crippen molar-refractivity contribution in [2.24, 2.45) is 0 Å². The maximum atomic E-state index is 12.1. The average molecular weight is 360 g/mol. The van der Waals surface area contributed by atoms with E-state index in [0.29, 0.717) is 17.0 Å². The second-order valence-electron chi connectivity index (χ2n) is 5.62. The van der Waals surface area contributed by atoms with E-state index in [1.165, 1.54) is 18.3 Å². The molecule has 1 aromatic heterocycles. The van der Waals surface area contributed by atoms with Crippen LogP contribution in [0.1, 0.15) is 31.8 Å². The zero-order valence-electron chi connectivity index (χ0n) is 14.4. The van der Waals surface area contributed by atoms with E-state index in [2.05, 4.69) is 5.32 Å². The first-order valence-electron chi connectivity index (χ1n) is 7.67. The predicted octanol–water partition coefficient (Wildman–Crippen LogP) is 2.49. The van der Waals surface area contributed by atoms with E-state index in [9.17, 15) is 14.4 Å². The van der Waals surface area contributed by atoms with Gasteiger partial charge in [0.2, 0.25) is 11.7 Å². The third-order valence-corrected chi connectivity index (χ3v) is 4.53. The number of ether oxygens (including phenoxy) is 1. The lowest BCUT2D eigenvalue weighted by Crippen LogP contribution is -2.18. The Labute approximate surface area is 150 Å². The van der Waals surface area contributed by atoms with Crippen molar-refractivity contribution < 1.29 is 19.1 Å². The van der Waals surface area contributed by atoms with E-state index in [1.807, 2.05) is 31.1 Å². The van der Waals surface area contributed by atoms with Gasteiger partial charge in [0.05, 0.1) is 17.0 Å². The zero-order chi connectivity index (χ0) is 18.4. The summed E-state index contributed by atoms with van der Waals surface area (Å²) >= 11 is 1.27. The third kappa shape index (κ3) is 5.42. The van der Waals surface area contributed by atoms with Gasteiger partial charge >= 0.3 is 5.97 Å². The summed E-state index contributed by atoms with van der Waals surface area (Å²) < 4.78 is 5.09. The molecule has 6 nitrogen and oxygen atoms in total. The quantitative estimate of drug-likeness (QED) is 0.606. The van der Waals surface area contributed by atoms with Crippen molar-refractivity contribution in [2.75, 3.05) is 25.6 Å². The molecular weight excluding hydrogens is 340 g/mol. The fourth-order valence-electron chi connectivity index (χ4n) is 2.02. The van der Waals surface area contributed by atoms with E-state index in [0.717, 1.165) is 10.6 Å². The summed E-state index contributed by atoms with van der Waals surface area (Å²) in [6, 6.07) is 10.4. The number of benzene rings is 1. The van der Waals surface area contributed by atoms with Crippen LogP contribution >= 0.6 is 11.3 Å². The number of nitrogens with zero attached hydrogens (tertiary/aromatic N) is 1. The molecule has 0 aliphatic rings. The van der Waals surface area contributed by atoms with Gasteiger partial charge in [-0.25, -0.2) is 4.79 Å². The Kier molecular flexibility index (Phi) is 6.30. The van der Waals surface area contributed by atoms with Gasteiger partial charge in [0.15, 0.2) is 6.61 Å². The standard InChI is InChI=1S/C18H20N2O4S/c1-12(21)19-10-15-8-9-17(25-15)16(22)11-24-18(23)13-4-6-14(7-5-13)20(2)3/h4-9H,10-11H2,1-3H3,(H,19,21). The minimum Gasteiger partial charge on any atom is -0.454 e. The number of anilines is 1. The normalized spacial score (nSPS) is 10.2. The molecule has 132 valence electrons. The Morgan fingerprint density at radius 3 is 2.36 bits per heavy atom. The fourth-order valence-corrected chi connectivity index (χ4v) is 2.89. The fraction of sp³-hybridized carbons (Fsp3) is 0.278. The first-order chi connectivity index (χ1) is 11.9. The summed E-state index contributed by atoms with van der Waals surface area (Å²) in [5.74, 6) is -0.929. The summed E-state index contributed by atoms with van der Waals surface area (Å²) in [4.78, 5) is 38.3. The molecule has 0 saturated heterocycles. The van der Waals surface area contributed by atoms with E-state index in [1.54, 1.807) is 24.3 Å². The zero-order valence-corrected chi connectivity index (χ0v) is 15.2. The molecule has 0 unspecified atom stereocenters. The number of amides is 1. The monoisotopic (exact) mass is 360 g/mol. The molecule has 1 heterocycles. The first kappa shape index (κ1) is 18.7. The number of carbonyl (C=O) groups excluding carboxylic acids is 3. The van der Waals surface area contributed by atoms with Crippen molar-refractivity contribution in [1.29, 1.82) is 0 Å². The Morgan fingerprint density at radius 2 is 1.76 bits per heavy atom. The van der Waals surface area contributed by atoms with Crippen LogP contribution < -0.4 is 10.2 Å². The van der Waals surface area contributed by atoms with E-state index < -0.39 is 5.97 Å². The van der Waals surface area contributed by atoms with Crippen LogP contribution in [0.4, 0.5) is 5.69 Å². The highest BCUT2D eigenvalue weighted by molar-refractivity contribution is 7.14. The van der Waals surface area contributed by atoms with Gasteiger partial charge in [-0.15, -0.1) is 11.3 Å². The average Bonchev–Trinajstić information content (AvgIpc) is 3.06. The Hall–Kier alpha value is -2.67. The van der Waals surface area contributed by atoms with E-state index in [-0.39, 0.29) is 18.3 Å². The van der Waals surface area contributed by atoms with Crippen LogP contribution in [0, 0.1) is 0 Å². The number of hydrogen-bond donors (Lipinski definition) is 1. The largest absolute Gasteiger partial charge is 0.454 e. The highest BCUT2D eigenvalue weighted by Crippen LogP contribution is 2.18. The Morgan fingerprint density at radius 1 is 1.08 bits per heavy atom. The minimum atomic E-state index is -0.534. The number of esters is 1. The molecule has 0 fully saturated rings. The van der Waals surface area contributed by atoms with Gasteiger partial charge in [-0.3, -0.25) is 9.59 Å². The lowest BCUT2D eigenvalue weighted by molar-refractivity contribution is -0.119. The summed E-state index contributed by atoms with van der Waals surface area (Å²) in [5, 5.41) is 2.67. The molecule has 0 radical (unpaired) electrons. The molecule has 7 heteroatoms. The third-order valence-electron chi connectivity index (χ3n) is 3.40. The van der Waals surface area contributed by atoms with Crippen LogP contribution in [-0.2, 0) is 16.1 Å². The van der Waals surface area contributed by atoms with Crippen LogP contribution in [0.15, 0.2) is 36.4 Å². The molecule has 0 bridgehead atoms. The lowest BCUT2D eigenvalue weighted by atomic mass is 10.2. The predicted molar refractivity (Wildman–Crippen MR) is 97.2 cm³/mol. The molecular formula is C18H20N2O4S. The molecule has 0 saturated carbocycles. The lowest BCUT2D eigenvalue weighted by Gasteiger charge is -2.12.